The summed E-state index contributed by atoms with van der Waals surface area (Å²) in [7, 11) is 0. The van der Waals surface area contributed by atoms with Crippen LogP contribution >= 0.6 is 23.2 Å². The van der Waals surface area contributed by atoms with Crippen LogP contribution in [0, 0.1) is 11.6 Å². The zero-order valence-corrected chi connectivity index (χ0v) is 13.0. The molecule has 1 heterocycles. The zero-order valence-electron chi connectivity index (χ0n) is 11.5. The van der Waals surface area contributed by atoms with E-state index in [2.05, 4.69) is 5.16 Å². The van der Waals surface area contributed by atoms with Crippen LogP contribution in [0.4, 0.5) is 8.78 Å². The number of aromatic nitrogens is 1. The molecule has 0 atom stereocenters. The van der Waals surface area contributed by atoms with Crippen molar-refractivity contribution < 1.29 is 18.4 Å². The Labute approximate surface area is 140 Å². The van der Waals surface area contributed by atoms with Gasteiger partial charge in [0.2, 0.25) is 0 Å². The van der Waals surface area contributed by atoms with Gasteiger partial charge in [-0.2, -0.15) is 0 Å². The quantitative estimate of drug-likeness (QED) is 0.711. The van der Waals surface area contributed by atoms with E-state index in [1.54, 1.807) is 18.2 Å². The summed E-state index contributed by atoms with van der Waals surface area (Å²) >= 11 is 12.2. The van der Waals surface area contributed by atoms with Crippen LogP contribution in [-0.4, -0.2) is 10.3 Å². The van der Waals surface area contributed by atoms with E-state index in [1.807, 2.05) is 0 Å². The minimum atomic E-state index is -1.08. The van der Waals surface area contributed by atoms with E-state index in [0.717, 1.165) is 6.07 Å². The highest BCUT2D eigenvalue weighted by Gasteiger charge is 2.24. The van der Waals surface area contributed by atoms with Crippen LogP contribution in [0.15, 0.2) is 40.9 Å². The Morgan fingerprint density at radius 3 is 2.35 bits per heavy atom. The van der Waals surface area contributed by atoms with E-state index < -0.39 is 18.2 Å². The maximum absolute atomic E-state index is 14.0. The van der Waals surface area contributed by atoms with Crippen LogP contribution in [0.1, 0.15) is 5.56 Å². The van der Waals surface area contributed by atoms with Crippen molar-refractivity contribution >= 4 is 23.2 Å². The lowest BCUT2D eigenvalue weighted by atomic mass is 10.0. The molecule has 0 amide bonds. The molecule has 0 spiro atoms. The summed E-state index contributed by atoms with van der Waals surface area (Å²) in [6.45, 7) is -0.508. The number of rotatable bonds is 3. The average molecular weight is 356 g/mol. The summed E-state index contributed by atoms with van der Waals surface area (Å²) in [5.41, 5.74) is 0.377. The third-order valence-corrected chi connectivity index (χ3v) is 3.97. The first-order valence-corrected chi connectivity index (χ1v) is 7.28. The molecule has 0 saturated carbocycles. The predicted molar refractivity (Wildman–Crippen MR) is 83.2 cm³/mol. The molecule has 3 rings (SSSR count). The minimum absolute atomic E-state index is 0.00418. The molecule has 0 saturated heterocycles. The molecule has 0 aliphatic carbocycles. The van der Waals surface area contributed by atoms with Crippen LogP contribution in [0.5, 0.6) is 0 Å². The van der Waals surface area contributed by atoms with Crippen molar-refractivity contribution in [2.75, 3.05) is 0 Å². The lowest BCUT2D eigenvalue weighted by Crippen LogP contribution is -1.94. The van der Waals surface area contributed by atoms with E-state index in [1.165, 1.54) is 12.1 Å². The molecule has 1 aromatic heterocycles. The first-order valence-electron chi connectivity index (χ1n) is 6.52. The maximum Gasteiger partial charge on any atom is 0.176 e. The zero-order chi connectivity index (χ0) is 16.6. The highest BCUT2D eigenvalue weighted by atomic mass is 35.5. The first kappa shape index (κ1) is 15.9. The highest BCUT2D eigenvalue weighted by Crippen LogP contribution is 2.40. The molecule has 23 heavy (non-hydrogen) atoms. The van der Waals surface area contributed by atoms with Gasteiger partial charge in [-0.15, -0.1) is 0 Å². The number of halogens is 4. The highest BCUT2D eigenvalue weighted by molar-refractivity contribution is 6.39. The van der Waals surface area contributed by atoms with Crippen molar-refractivity contribution in [3.05, 3.63) is 63.6 Å². The standard InChI is InChI=1S/C16H9Cl2F2NO2/c17-10-4-2-5-11(18)13(10)16-9(7-22)15(21-23-16)8-3-1-6-12(19)14(8)20/h1-6,22H,7H2. The van der Waals surface area contributed by atoms with Crippen LogP contribution in [0.25, 0.3) is 22.6 Å². The molecule has 0 bridgehead atoms. The normalized spacial score (nSPS) is 11.0. The predicted octanol–water partition coefficient (Wildman–Crippen LogP) is 5.09. The molecular formula is C16H9Cl2F2NO2. The molecule has 0 unspecified atom stereocenters. The first-order chi connectivity index (χ1) is 11.0. The molecular weight excluding hydrogens is 347 g/mol. The lowest BCUT2D eigenvalue weighted by Gasteiger charge is -2.06. The van der Waals surface area contributed by atoms with Crippen molar-refractivity contribution in [3.63, 3.8) is 0 Å². The largest absolute Gasteiger partial charge is 0.391 e. The monoisotopic (exact) mass is 355 g/mol. The Morgan fingerprint density at radius 1 is 1.04 bits per heavy atom. The maximum atomic E-state index is 14.0. The minimum Gasteiger partial charge on any atom is -0.391 e. The van der Waals surface area contributed by atoms with Crippen LogP contribution in [-0.2, 0) is 6.61 Å². The fraction of sp³-hybridized carbons (Fsp3) is 0.0625. The molecule has 7 heteroatoms. The van der Waals surface area contributed by atoms with Crippen LogP contribution in [0.3, 0.4) is 0 Å². The number of aliphatic hydroxyl groups excluding tert-OH is 1. The van der Waals surface area contributed by atoms with E-state index in [-0.39, 0.29) is 32.6 Å². The Kier molecular flexibility index (Phi) is 4.35. The molecule has 0 aliphatic heterocycles. The summed E-state index contributed by atoms with van der Waals surface area (Å²) in [5, 5.41) is 14.0. The summed E-state index contributed by atoms with van der Waals surface area (Å²) < 4.78 is 32.6. The van der Waals surface area contributed by atoms with Gasteiger partial charge in [-0.1, -0.05) is 40.5 Å². The number of benzene rings is 2. The molecule has 3 aromatic rings. The number of nitrogens with zero attached hydrogens (tertiary/aromatic N) is 1. The average Bonchev–Trinajstić information content (AvgIpc) is 2.93. The Morgan fingerprint density at radius 2 is 1.70 bits per heavy atom. The van der Waals surface area contributed by atoms with Gasteiger partial charge in [0.25, 0.3) is 0 Å². The SMILES string of the molecule is OCc1c(-c2cccc(F)c2F)noc1-c1c(Cl)cccc1Cl. The van der Waals surface area contributed by atoms with Gasteiger partial charge in [0.05, 0.1) is 27.8 Å². The smallest absolute Gasteiger partial charge is 0.176 e. The number of hydrogen-bond donors (Lipinski definition) is 1. The van der Waals surface area contributed by atoms with Gasteiger partial charge in [0, 0.05) is 5.56 Å². The van der Waals surface area contributed by atoms with Crippen molar-refractivity contribution in [2.24, 2.45) is 0 Å². The van der Waals surface area contributed by atoms with Crippen molar-refractivity contribution in [3.8, 4) is 22.6 Å². The van der Waals surface area contributed by atoms with E-state index in [4.69, 9.17) is 27.7 Å². The molecule has 118 valence electrons. The van der Waals surface area contributed by atoms with Gasteiger partial charge in [-0.05, 0) is 24.3 Å². The molecule has 0 radical (unpaired) electrons. The van der Waals surface area contributed by atoms with Gasteiger partial charge in [0.15, 0.2) is 17.4 Å². The van der Waals surface area contributed by atoms with Crippen molar-refractivity contribution in [1.29, 1.82) is 0 Å². The van der Waals surface area contributed by atoms with Crippen LogP contribution < -0.4 is 0 Å². The van der Waals surface area contributed by atoms with E-state index >= 15 is 0 Å². The molecule has 0 fully saturated rings. The second-order valence-electron chi connectivity index (χ2n) is 4.70. The Bertz CT molecular complexity index is 860. The second kappa shape index (κ2) is 6.28. The van der Waals surface area contributed by atoms with Crippen LogP contribution in [0.2, 0.25) is 10.0 Å². The van der Waals surface area contributed by atoms with E-state index in [0.29, 0.717) is 5.56 Å². The summed E-state index contributed by atoms with van der Waals surface area (Å²) in [6, 6.07) is 8.50. The molecule has 3 nitrogen and oxygen atoms in total. The molecule has 2 aromatic carbocycles. The van der Waals surface area contributed by atoms with Gasteiger partial charge < -0.3 is 9.63 Å². The molecule has 0 aliphatic rings. The Hall–Kier alpha value is -1.95. The summed E-state index contributed by atoms with van der Waals surface area (Å²) in [4.78, 5) is 0. The lowest BCUT2D eigenvalue weighted by molar-refractivity contribution is 0.281. The summed E-state index contributed by atoms with van der Waals surface area (Å²) in [5.74, 6) is -1.99. The van der Waals surface area contributed by atoms with Crippen molar-refractivity contribution in [2.45, 2.75) is 6.61 Å². The van der Waals surface area contributed by atoms with Gasteiger partial charge in [-0.3, -0.25) is 0 Å². The van der Waals surface area contributed by atoms with Gasteiger partial charge >= 0.3 is 0 Å². The number of hydrogen-bond acceptors (Lipinski definition) is 3. The topological polar surface area (TPSA) is 46.3 Å². The summed E-state index contributed by atoms with van der Waals surface area (Å²) in [6.07, 6.45) is 0. The fourth-order valence-electron chi connectivity index (χ4n) is 2.27. The third kappa shape index (κ3) is 2.72. The Balaban J connectivity index is 2.24. The van der Waals surface area contributed by atoms with E-state index in [9.17, 15) is 13.9 Å². The fourth-order valence-corrected chi connectivity index (χ4v) is 2.83. The molecule has 1 N–H and O–H groups in total. The van der Waals surface area contributed by atoms with Gasteiger partial charge in [-0.25, -0.2) is 8.78 Å². The second-order valence-corrected chi connectivity index (χ2v) is 5.51. The number of aliphatic hydroxyl groups is 1. The van der Waals surface area contributed by atoms with Gasteiger partial charge in [0.1, 0.15) is 5.69 Å². The third-order valence-electron chi connectivity index (χ3n) is 3.34. The van der Waals surface area contributed by atoms with Crippen molar-refractivity contribution in [1.82, 2.24) is 5.16 Å².